The van der Waals surface area contributed by atoms with Gasteiger partial charge in [0.15, 0.2) is 11.5 Å². The quantitative estimate of drug-likeness (QED) is 0.424. The zero-order valence-electron chi connectivity index (χ0n) is 21.1. The fourth-order valence-electron chi connectivity index (χ4n) is 4.61. The monoisotopic (exact) mass is 556 g/mol. The van der Waals surface area contributed by atoms with Crippen LogP contribution in [-0.4, -0.2) is 51.6 Å². The summed E-state index contributed by atoms with van der Waals surface area (Å²) >= 11 is 1.30. The van der Waals surface area contributed by atoms with E-state index in [0.717, 1.165) is 35.3 Å². The van der Waals surface area contributed by atoms with Gasteiger partial charge in [-0.1, -0.05) is 12.5 Å². The number of benzene rings is 2. The molecule has 0 bridgehead atoms. The maximum atomic E-state index is 13.1. The Morgan fingerprint density at radius 3 is 2.45 bits per heavy atom. The average Bonchev–Trinajstić information content (AvgIpc) is 3.52. The number of hydrogen-bond acceptors (Lipinski definition) is 8. The van der Waals surface area contributed by atoms with Crippen molar-refractivity contribution in [3.8, 4) is 11.5 Å². The molecular weight excluding hydrogens is 528 g/mol. The molecule has 3 heterocycles. The lowest BCUT2D eigenvalue weighted by atomic mass is 10.1. The minimum Gasteiger partial charge on any atom is -0.465 e. The molecule has 0 unspecified atom stereocenters. The zero-order valence-corrected chi connectivity index (χ0v) is 22.7. The van der Waals surface area contributed by atoms with Crippen LogP contribution in [-0.2, 0) is 21.2 Å². The van der Waals surface area contributed by atoms with Gasteiger partial charge in [0.05, 0.1) is 17.6 Å². The number of nitrogens with one attached hydrogen (secondary N) is 1. The first-order valence-electron chi connectivity index (χ1n) is 12.3. The molecule has 11 heteroatoms. The van der Waals surface area contributed by atoms with Crippen LogP contribution in [0.25, 0.3) is 0 Å². The fraction of sp³-hybridized carbons (Fsp3) is 0.333. The number of carbonyl (C=O) groups is 2. The lowest BCUT2D eigenvalue weighted by Gasteiger charge is -2.25. The third-order valence-corrected chi connectivity index (χ3v) is 9.85. The van der Waals surface area contributed by atoms with Gasteiger partial charge in [0, 0.05) is 30.0 Å². The highest BCUT2D eigenvalue weighted by Gasteiger charge is 2.27. The molecule has 0 radical (unpaired) electrons. The van der Waals surface area contributed by atoms with Gasteiger partial charge in [-0.25, -0.2) is 13.2 Å². The van der Waals surface area contributed by atoms with Crippen molar-refractivity contribution >= 4 is 38.2 Å². The van der Waals surface area contributed by atoms with Crippen LogP contribution in [0.4, 0.5) is 5.00 Å². The Labute approximate surface area is 225 Å². The van der Waals surface area contributed by atoms with Crippen molar-refractivity contribution in [1.29, 1.82) is 0 Å². The highest BCUT2D eigenvalue weighted by molar-refractivity contribution is 7.89. The molecule has 0 saturated carbocycles. The summed E-state index contributed by atoms with van der Waals surface area (Å²) in [5, 5.41) is 3.20. The first-order valence-corrected chi connectivity index (χ1v) is 14.5. The number of hydrogen-bond donors (Lipinski definition) is 1. The maximum absolute atomic E-state index is 13.1. The maximum Gasteiger partial charge on any atom is 0.341 e. The Kier molecular flexibility index (Phi) is 7.42. The summed E-state index contributed by atoms with van der Waals surface area (Å²) in [6, 6.07) is 11.5. The molecule has 0 aliphatic carbocycles. The van der Waals surface area contributed by atoms with Crippen molar-refractivity contribution in [3.63, 3.8) is 0 Å². The van der Waals surface area contributed by atoms with Gasteiger partial charge in [0.2, 0.25) is 16.8 Å². The summed E-state index contributed by atoms with van der Waals surface area (Å²) < 4.78 is 43.2. The number of nitrogens with zero attached hydrogens (tertiary/aromatic N) is 1. The van der Waals surface area contributed by atoms with Crippen LogP contribution in [0.3, 0.4) is 0 Å². The number of rotatable bonds is 7. The zero-order chi connectivity index (χ0) is 26.9. The topological polar surface area (TPSA) is 111 Å². The highest BCUT2D eigenvalue weighted by Crippen LogP contribution is 2.38. The number of anilines is 1. The molecule has 5 rings (SSSR count). The van der Waals surface area contributed by atoms with Crippen molar-refractivity contribution in [3.05, 3.63) is 69.6 Å². The van der Waals surface area contributed by atoms with Crippen LogP contribution in [0.2, 0.25) is 0 Å². The average molecular weight is 557 g/mol. The molecule has 9 nitrogen and oxygen atoms in total. The van der Waals surface area contributed by atoms with Crippen LogP contribution in [0, 0.1) is 6.92 Å². The summed E-state index contributed by atoms with van der Waals surface area (Å²) in [7, 11) is -2.30. The van der Waals surface area contributed by atoms with Gasteiger partial charge in [-0.2, -0.15) is 4.31 Å². The van der Waals surface area contributed by atoms with Crippen molar-refractivity contribution in [1.82, 2.24) is 4.31 Å². The van der Waals surface area contributed by atoms with Gasteiger partial charge in [0.1, 0.15) is 5.00 Å². The van der Waals surface area contributed by atoms with Crippen LogP contribution >= 0.6 is 11.3 Å². The molecule has 2 aromatic carbocycles. The smallest absolute Gasteiger partial charge is 0.341 e. The number of carbonyl (C=O) groups excluding carboxylic acids is 2. The number of esters is 1. The third-order valence-electron chi connectivity index (χ3n) is 6.73. The lowest BCUT2D eigenvalue weighted by molar-refractivity contribution is 0.0601. The minimum absolute atomic E-state index is 0.157. The first-order chi connectivity index (χ1) is 18.3. The molecular formula is C27H28N2O7S2. The second-order valence-electron chi connectivity index (χ2n) is 9.15. The predicted molar refractivity (Wildman–Crippen MR) is 143 cm³/mol. The first kappa shape index (κ1) is 26.2. The second-order valence-corrected chi connectivity index (χ2v) is 12.2. The van der Waals surface area contributed by atoms with Crippen LogP contribution in [0.5, 0.6) is 11.5 Å². The molecule has 0 spiro atoms. The van der Waals surface area contributed by atoms with Gasteiger partial charge < -0.3 is 19.5 Å². The summed E-state index contributed by atoms with van der Waals surface area (Å²) in [6.45, 7) is 3.02. The van der Waals surface area contributed by atoms with Gasteiger partial charge in [-0.15, -0.1) is 11.3 Å². The summed E-state index contributed by atoms with van der Waals surface area (Å²) in [6.07, 6.45) is 3.24. The molecule has 1 N–H and O–H groups in total. The second kappa shape index (κ2) is 10.8. The third kappa shape index (κ3) is 5.13. The molecule has 38 heavy (non-hydrogen) atoms. The highest BCUT2D eigenvalue weighted by atomic mass is 32.2. The molecule has 200 valence electrons. The van der Waals surface area contributed by atoms with E-state index in [4.69, 9.17) is 14.2 Å². The van der Waals surface area contributed by atoms with E-state index in [1.54, 1.807) is 0 Å². The normalized spacial score (nSPS) is 15.3. The summed E-state index contributed by atoms with van der Waals surface area (Å²) in [5.41, 5.74) is 2.27. The standard InChI is InChI=1S/C27H28N2O7S2/c1-17-23(15-18-6-11-21-22(14-18)36-16-35-21)37-26(24(17)27(31)34-2)28-25(30)19-7-9-20(10-8-19)38(32,33)29-12-4-3-5-13-29/h6-11,14H,3-5,12-13,15-16H2,1-2H3,(H,28,30). The molecule has 1 saturated heterocycles. The lowest BCUT2D eigenvalue weighted by Crippen LogP contribution is -2.35. The Bertz CT molecular complexity index is 1470. The summed E-state index contributed by atoms with van der Waals surface area (Å²) in [5.74, 6) is 0.362. The van der Waals surface area contributed by atoms with E-state index in [1.807, 2.05) is 25.1 Å². The van der Waals surface area contributed by atoms with E-state index in [0.29, 0.717) is 41.6 Å². The van der Waals surface area contributed by atoms with Crippen molar-refractivity contribution in [2.75, 3.05) is 32.3 Å². The van der Waals surface area contributed by atoms with Crippen LogP contribution in [0.1, 0.15) is 56.0 Å². The van der Waals surface area contributed by atoms with E-state index >= 15 is 0 Å². The summed E-state index contributed by atoms with van der Waals surface area (Å²) in [4.78, 5) is 26.8. The van der Waals surface area contributed by atoms with Crippen LogP contribution < -0.4 is 14.8 Å². The van der Waals surface area contributed by atoms with Gasteiger partial charge in [0.25, 0.3) is 5.91 Å². The fourth-order valence-corrected chi connectivity index (χ4v) is 7.35. The number of piperidine rings is 1. The number of sulfonamides is 1. The van der Waals surface area contributed by atoms with E-state index in [2.05, 4.69) is 5.32 Å². The van der Waals surface area contributed by atoms with Gasteiger partial charge >= 0.3 is 5.97 Å². The number of thiophene rings is 1. The van der Waals surface area contributed by atoms with E-state index in [1.165, 1.54) is 47.0 Å². The molecule has 1 amide bonds. The van der Waals surface area contributed by atoms with Gasteiger partial charge in [-0.3, -0.25) is 4.79 Å². The Morgan fingerprint density at radius 1 is 1.03 bits per heavy atom. The largest absolute Gasteiger partial charge is 0.465 e. The number of ether oxygens (including phenoxy) is 3. The molecule has 2 aliphatic rings. The molecule has 0 atom stereocenters. The Morgan fingerprint density at radius 2 is 1.74 bits per heavy atom. The number of amides is 1. The molecule has 1 aromatic heterocycles. The van der Waals surface area contributed by atoms with Gasteiger partial charge in [-0.05, 0) is 67.3 Å². The predicted octanol–water partition coefficient (Wildman–Crippen LogP) is 4.59. The SMILES string of the molecule is COC(=O)c1c(NC(=O)c2ccc(S(=O)(=O)N3CCCCC3)cc2)sc(Cc2ccc3c(c2)OCO3)c1C. The molecule has 3 aromatic rings. The van der Waals surface area contributed by atoms with E-state index in [9.17, 15) is 18.0 Å². The number of fused-ring (bicyclic) bond motifs is 1. The van der Waals surface area contributed by atoms with Crippen molar-refractivity contribution in [2.45, 2.75) is 37.5 Å². The van der Waals surface area contributed by atoms with Crippen molar-refractivity contribution in [2.24, 2.45) is 0 Å². The number of methoxy groups -OCH3 is 1. The molecule has 2 aliphatic heterocycles. The van der Waals surface area contributed by atoms with E-state index in [-0.39, 0.29) is 17.3 Å². The Hall–Kier alpha value is -3.41. The minimum atomic E-state index is -3.59. The van der Waals surface area contributed by atoms with Crippen LogP contribution in [0.15, 0.2) is 47.4 Å². The molecule has 1 fully saturated rings. The van der Waals surface area contributed by atoms with Crippen molar-refractivity contribution < 1.29 is 32.2 Å². The Balaban J connectivity index is 1.36. The van der Waals surface area contributed by atoms with E-state index < -0.39 is 21.9 Å².